The number of rotatable bonds is 5. The van der Waals surface area contributed by atoms with Crippen LogP contribution in [0.25, 0.3) is 0 Å². The molecule has 0 aromatic heterocycles. The zero-order valence-corrected chi connectivity index (χ0v) is 13.1. The van der Waals surface area contributed by atoms with Crippen molar-refractivity contribution in [1.29, 1.82) is 0 Å². The Morgan fingerprint density at radius 3 is 2.35 bits per heavy atom. The zero-order chi connectivity index (χ0) is 14.4. The quantitative estimate of drug-likeness (QED) is 0.786. The Morgan fingerprint density at radius 1 is 1.15 bits per heavy atom. The maximum Gasteiger partial charge on any atom is 0.322 e. The Morgan fingerprint density at radius 2 is 1.75 bits per heavy atom. The van der Waals surface area contributed by atoms with Crippen molar-refractivity contribution in [2.24, 2.45) is 0 Å². The molecule has 1 atom stereocenters. The first-order chi connectivity index (χ1) is 9.68. The van der Waals surface area contributed by atoms with Gasteiger partial charge in [0, 0.05) is 12.1 Å². The summed E-state index contributed by atoms with van der Waals surface area (Å²) < 4.78 is 4.82. The lowest BCUT2D eigenvalue weighted by Crippen LogP contribution is -2.59. The van der Waals surface area contributed by atoms with Gasteiger partial charge in [0.25, 0.3) is 0 Å². The van der Waals surface area contributed by atoms with Gasteiger partial charge in [-0.05, 0) is 45.7 Å². The van der Waals surface area contributed by atoms with Gasteiger partial charge >= 0.3 is 5.97 Å². The van der Waals surface area contributed by atoms with Crippen LogP contribution >= 0.6 is 0 Å². The fraction of sp³-hybridized carbons (Fsp3) is 0.938. The standard InChI is InChI=1S/C16H30N2O2/c1-14(15(19)20-2)17-13-16(9-5-3-6-10-16)18-11-7-4-8-12-18/h14,17H,3-13H2,1-2H3. The molecular formula is C16H30N2O2. The van der Waals surface area contributed by atoms with Crippen LogP contribution < -0.4 is 5.32 Å². The fourth-order valence-electron chi connectivity index (χ4n) is 3.79. The third-order valence-corrected chi connectivity index (χ3v) is 5.10. The van der Waals surface area contributed by atoms with Crippen molar-refractivity contribution >= 4 is 5.97 Å². The number of likely N-dealkylation sites (tertiary alicyclic amines) is 1. The summed E-state index contributed by atoms with van der Waals surface area (Å²) in [7, 11) is 1.46. The summed E-state index contributed by atoms with van der Waals surface area (Å²) in [6.07, 6.45) is 10.6. The summed E-state index contributed by atoms with van der Waals surface area (Å²) in [6.45, 7) is 5.28. The molecule has 0 aromatic carbocycles. The lowest BCUT2D eigenvalue weighted by atomic mass is 9.79. The number of nitrogens with one attached hydrogen (secondary N) is 1. The smallest absolute Gasteiger partial charge is 0.322 e. The van der Waals surface area contributed by atoms with Crippen LogP contribution in [-0.4, -0.2) is 49.2 Å². The Balaban J connectivity index is 1.97. The molecule has 2 rings (SSSR count). The molecule has 1 heterocycles. The molecule has 0 amide bonds. The molecule has 116 valence electrons. The highest BCUT2D eigenvalue weighted by atomic mass is 16.5. The van der Waals surface area contributed by atoms with E-state index in [4.69, 9.17) is 4.74 Å². The Hall–Kier alpha value is -0.610. The summed E-state index contributed by atoms with van der Waals surface area (Å²) >= 11 is 0. The predicted molar refractivity (Wildman–Crippen MR) is 80.7 cm³/mol. The molecule has 20 heavy (non-hydrogen) atoms. The van der Waals surface area contributed by atoms with E-state index in [0.29, 0.717) is 0 Å². The topological polar surface area (TPSA) is 41.6 Å². The SMILES string of the molecule is COC(=O)C(C)NCC1(N2CCCCC2)CCCCC1. The number of hydrogen-bond donors (Lipinski definition) is 1. The van der Waals surface area contributed by atoms with Gasteiger partial charge in [-0.1, -0.05) is 25.7 Å². The van der Waals surface area contributed by atoms with Crippen molar-refractivity contribution in [3.05, 3.63) is 0 Å². The van der Waals surface area contributed by atoms with Gasteiger partial charge < -0.3 is 10.1 Å². The third kappa shape index (κ3) is 3.73. The third-order valence-electron chi connectivity index (χ3n) is 5.10. The van der Waals surface area contributed by atoms with Crippen LogP contribution in [0.15, 0.2) is 0 Å². The van der Waals surface area contributed by atoms with Gasteiger partial charge in [-0.15, -0.1) is 0 Å². The lowest BCUT2D eigenvalue weighted by Gasteiger charge is -2.48. The minimum atomic E-state index is -0.205. The summed E-state index contributed by atoms with van der Waals surface area (Å²) in [5.74, 6) is -0.158. The van der Waals surface area contributed by atoms with Crippen molar-refractivity contribution in [3.63, 3.8) is 0 Å². The lowest BCUT2D eigenvalue weighted by molar-refractivity contribution is -0.142. The van der Waals surface area contributed by atoms with E-state index >= 15 is 0 Å². The van der Waals surface area contributed by atoms with Crippen LogP contribution in [0.2, 0.25) is 0 Å². The van der Waals surface area contributed by atoms with E-state index in [-0.39, 0.29) is 17.6 Å². The molecule has 0 radical (unpaired) electrons. The molecule has 1 saturated heterocycles. The van der Waals surface area contributed by atoms with Gasteiger partial charge in [-0.3, -0.25) is 9.69 Å². The number of methoxy groups -OCH3 is 1. The molecule has 4 heteroatoms. The van der Waals surface area contributed by atoms with Gasteiger partial charge in [0.1, 0.15) is 6.04 Å². The van der Waals surface area contributed by atoms with Crippen molar-refractivity contribution in [2.75, 3.05) is 26.7 Å². The molecule has 0 aromatic rings. The number of carbonyl (C=O) groups is 1. The average molecular weight is 282 g/mol. The molecule has 1 N–H and O–H groups in total. The molecule has 1 aliphatic carbocycles. The van der Waals surface area contributed by atoms with E-state index in [2.05, 4.69) is 10.2 Å². The van der Waals surface area contributed by atoms with Crippen LogP contribution in [0.4, 0.5) is 0 Å². The highest BCUT2D eigenvalue weighted by Gasteiger charge is 2.38. The minimum Gasteiger partial charge on any atom is -0.468 e. The van der Waals surface area contributed by atoms with Gasteiger partial charge in [-0.2, -0.15) is 0 Å². The van der Waals surface area contributed by atoms with Gasteiger partial charge in [0.15, 0.2) is 0 Å². The van der Waals surface area contributed by atoms with Crippen molar-refractivity contribution in [3.8, 4) is 0 Å². The van der Waals surface area contributed by atoms with Crippen LogP contribution in [0.3, 0.4) is 0 Å². The van der Waals surface area contributed by atoms with Crippen LogP contribution in [0.5, 0.6) is 0 Å². The molecule has 1 saturated carbocycles. The number of hydrogen-bond acceptors (Lipinski definition) is 4. The van der Waals surface area contributed by atoms with Crippen molar-refractivity contribution in [1.82, 2.24) is 10.2 Å². The Bertz CT molecular complexity index is 308. The monoisotopic (exact) mass is 282 g/mol. The number of ether oxygens (including phenoxy) is 1. The van der Waals surface area contributed by atoms with E-state index in [1.165, 1.54) is 71.6 Å². The Kier molecular flexibility index (Phi) is 5.85. The Labute approximate surface area is 123 Å². The largest absolute Gasteiger partial charge is 0.468 e. The van der Waals surface area contributed by atoms with E-state index in [1.54, 1.807) is 0 Å². The second-order valence-electron chi connectivity index (χ2n) is 6.46. The fourth-order valence-corrected chi connectivity index (χ4v) is 3.79. The molecule has 1 unspecified atom stereocenters. The second kappa shape index (κ2) is 7.41. The minimum absolute atomic E-state index is 0.158. The predicted octanol–water partition coefficient (Wildman–Crippen LogP) is 2.33. The maximum absolute atomic E-state index is 11.6. The average Bonchev–Trinajstić information content (AvgIpc) is 2.53. The van der Waals surface area contributed by atoms with Gasteiger partial charge in [-0.25, -0.2) is 0 Å². The number of carbonyl (C=O) groups excluding carboxylic acids is 1. The van der Waals surface area contributed by atoms with E-state index in [0.717, 1.165) is 6.54 Å². The van der Waals surface area contributed by atoms with Gasteiger partial charge in [0.05, 0.1) is 7.11 Å². The van der Waals surface area contributed by atoms with E-state index in [1.807, 2.05) is 6.92 Å². The maximum atomic E-state index is 11.6. The van der Waals surface area contributed by atoms with Crippen molar-refractivity contribution < 1.29 is 9.53 Å². The van der Waals surface area contributed by atoms with Crippen LogP contribution in [0, 0.1) is 0 Å². The highest BCUT2D eigenvalue weighted by molar-refractivity contribution is 5.75. The molecule has 0 spiro atoms. The number of piperidine rings is 1. The summed E-state index contributed by atoms with van der Waals surface area (Å²) in [6, 6.07) is -0.205. The first kappa shape index (κ1) is 15.8. The molecule has 0 bridgehead atoms. The second-order valence-corrected chi connectivity index (χ2v) is 6.46. The van der Waals surface area contributed by atoms with E-state index < -0.39 is 0 Å². The first-order valence-corrected chi connectivity index (χ1v) is 8.24. The molecule has 2 fully saturated rings. The first-order valence-electron chi connectivity index (χ1n) is 8.24. The summed E-state index contributed by atoms with van der Waals surface area (Å²) in [5.41, 5.74) is 0.279. The van der Waals surface area contributed by atoms with E-state index in [9.17, 15) is 4.79 Å². The highest BCUT2D eigenvalue weighted by Crippen LogP contribution is 2.35. The molecular weight excluding hydrogens is 252 g/mol. The zero-order valence-electron chi connectivity index (χ0n) is 13.1. The van der Waals surface area contributed by atoms with Crippen LogP contribution in [-0.2, 0) is 9.53 Å². The van der Waals surface area contributed by atoms with Gasteiger partial charge in [0.2, 0.25) is 0 Å². The molecule has 2 aliphatic rings. The van der Waals surface area contributed by atoms with Crippen LogP contribution in [0.1, 0.15) is 58.3 Å². The van der Waals surface area contributed by atoms with Crippen molar-refractivity contribution in [2.45, 2.75) is 69.9 Å². The molecule has 1 aliphatic heterocycles. The number of esters is 1. The summed E-state index contributed by atoms with van der Waals surface area (Å²) in [5, 5.41) is 3.42. The molecule has 4 nitrogen and oxygen atoms in total. The number of nitrogens with zero attached hydrogens (tertiary/aromatic N) is 1. The summed E-state index contributed by atoms with van der Waals surface area (Å²) in [4.78, 5) is 14.3. The normalized spacial score (nSPS) is 25.1.